The number of fused-ring (bicyclic) bond motifs is 1. The monoisotopic (exact) mass is 325 g/mol. The van der Waals surface area contributed by atoms with Crippen molar-refractivity contribution in [1.29, 1.82) is 0 Å². The Morgan fingerprint density at radius 2 is 2.32 bits per heavy atom. The first-order valence-electron chi connectivity index (χ1n) is 8.22. The normalized spacial score (nSPS) is 18.6. The maximum absolute atomic E-state index is 12.2. The van der Waals surface area contributed by atoms with Crippen molar-refractivity contribution in [1.82, 2.24) is 25.4 Å². The second kappa shape index (κ2) is 8.41. The van der Waals surface area contributed by atoms with E-state index in [2.05, 4.69) is 27.6 Å². The minimum atomic E-state index is -0.103. The predicted molar refractivity (Wildman–Crippen MR) is 90.1 cm³/mol. The van der Waals surface area contributed by atoms with Crippen LogP contribution in [0.5, 0.6) is 0 Å². The van der Waals surface area contributed by atoms with Crippen LogP contribution in [-0.2, 0) is 13.0 Å². The molecule has 7 heteroatoms. The molecule has 0 saturated heterocycles. The van der Waals surface area contributed by atoms with Crippen LogP contribution in [0.15, 0.2) is 0 Å². The lowest BCUT2D eigenvalue weighted by molar-refractivity contribution is 0.229. The summed E-state index contributed by atoms with van der Waals surface area (Å²) in [5.74, 6) is 3.95. The average molecular weight is 325 g/mol. The Morgan fingerprint density at radius 3 is 3.05 bits per heavy atom. The Labute approximate surface area is 136 Å². The molecule has 0 radical (unpaired) electrons. The summed E-state index contributed by atoms with van der Waals surface area (Å²) in [6, 6.07) is 0.0546. The van der Waals surface area contributed by atoms with Gasteiger partial charge in [-0.1, -0.05) is 13.8 Å². The van der Waals surface area contributed by atoms with Crippen LogP contribution in [-0.4, -0.2) is 38.3 Å². The van der Waals surface area contributed by atoms with Crippen LogP contribution < -0.4 is 10.6 Å². The number of hydrogen-bond acceptors (Lipinski definition) is 4. The van der Waals surface area contributed by atoms with Crippen LogP contribution in [0.1, 0.15) is 57.7 Å². The second-order valence-electron chi connectivity index (χ2n) is 5.66. The Bertz CT molecular complexity index is 490. The van der Waals surface area contributed by atoms with Gasteiger partial charge in [-0.15, -0.1) is 0 Å². The molecule has 0 aliphatic carbocycles. The Kier molecular flexibility index (Phi) is 6.54. The van der Waals surface area contributed by atoms with Gasteiger partial charge in [-0.3, -0.25) is 0 Å². The number of carbonyl (C=O) groups is 1. The molecule has 124 valence electrons. The number of nitrogens with zero attached hydrogens (tertiary/aromatic N) is 3. The van der Waals surface area contributed by atoms with Crippen molar-refractivity contribution in [3.05, 3.63) is 11.6 Å². The molecule has 0 unspecified atom stereocenters. The number of carbonyl (C=O) groups excluding carboxylic acids is 1. The predicted octanol–water partition coefficient (Wildman–Crippen LogP) is 2.51. The molecule has 2 N–H and O–H groups in total. The van der Waals surface area contributed by atoms with Gasteiger partial charge in [0, 0.05) is 19.0 Å². The van der Waals surface area contributed by atoms with Gasteiger partial charge in [-0.25, -0.2) is 14.5 Å². The minimum Gasteiger partial charge on any atom is -0.336 e. The summed E-state index contributed by atoms with van der Waals surface area (Å²) in [6.07, 6.45) is 3.76. The molecule has 1 aliphatic rings. The highest BCUT2D eigenvalue weighted by molar-refractivity contribution is 7.99. The average Bonchev–Trinajstić information content (AvgIpc) is 2.91. The van der Waals surface area contributed by atoms with Gasteiger partial charge in [-0.05, 0) is 37.7 Å². The fourth-order valence-electron chi connectivity index (χ4n) is 2.59. The third-order valence-corrected chi connectivity index (χ3v) is 4.75. The van der Waals surface area contributed by atoms with E-state index in [-0.39, 0.29) is 18.1 Å². The fourth-order valence-corrected chi connectivity index (χ4v) is 3.40. The van der Waals surface area contributed by atoms with Crippen molar-refractivity contribution in [3.8, 4) is 0 Å². The number of amides is 2. The highest BCUT2D eigenvalue weighted by Crippen LogP contribution is 2.23. The van der Waals surface area contributed by atoms with E-state index >= 15 is 0 Å². The number of thioether (sulfide) groups is 1. The van der Waals surface area contributed by atoms with Crippen molar-refractivity contribution < 1.29 is 4.79 Å². The molecular weight excluding hydrogens is 298 g/mol. The zero-order chi connectivity index (χ0) is 15.9. The van der Waals surface area contributed by atoms with Crippen LogP contribution in [0.4, 0.5) is 4.79 Å². The SMILES string of the molecule is CCSCC[C@H](C)NC(=O)N[C@@H]1CCCn2nc(CC)nc21. The first-order valence-corrected chi connectivity index (χ1v) is 9.37. The van der Waals surface area contributed by atoms with Gasteiger partial charge in [-0.2, -0.15) is 16.9 Å². The topological polar surface area (TPSA) is 71.8 Å². The third-order valence-electron chi connectivity index (χ3n) is 3.82. The molecule has 1 aromatic heterocycles. The van der Waals surface area contributed by atoms with E-state index in [4.69, 9.17) is 0 Å². The molecule has 0 bridgehead atoms. The maximum Gasteiger partial charge on any atom is 0.315 e. The van der Waals surface area contributed by atoms with E-state index in [1.807, 2.05) is 30.3 Å². The van der Waals surface area contributed by atoms with E-state index in [9.17, 15) is 4.79 Å². The van der Waals surface area contributed by atoms with Crippen molar-refractivity contribution in [2.24, 2.45) is 0 Å². The number of aryl methyl sites for hydroxylation is 2. The molecule has 0 saturated carbocycles. The molecule has 1 aromatic rings. The van der Waals surface area contributed by atoms with E-state index < -0.39 is 0 Å². The zero-order valence-corrected chi connectivity index (χ0v) is 14.6. The highest BCUT2D eigenvalue weighted by atomic mass is 32.2. The van der Waals surface area contributed by atoms with E-state index in [1.165, 1.54) is 0 Å². The first-order chi connectivity index (χ1) is 10.6. The van der Waals surface area contributed by atoms with Crippen molar-refractivity contribution in [2.75, 3.05) is 11.5 Å². The molecule has 2 heterocycles. The van der Waals surface area contributed by atoms with E-state index in [0.717, 1.165) is 55.4 Å². The van der Waals surface area contributed by atoms with Gasteiger partial charge in [0.1, 0.15) is 5.82 Å². The molecular formula is C15H27N5OS. The van der Waals surface area contributed by atoms with Gasteiger partial charge in [0.2, 0.25) is 0 Å². The largest absolute Gasteiger partial charge is 0.336 e. The van der Waals surface area contributed by atoms with Crippen LogP contribution in [0.25, 0.3) is 0 Å². The van der Waals surface area contributed by atoms with Gasteiger partial charge in [0.05, 0.1) is 6.04 Å². The quantitative estimate of drug-likeness (QED) is 0.756. The molecule has 0 fully saturated rings. The zero-order valence-electron chi connectivity index (χ0n) is 13.8. The number of hydrogen-bond donors (Lipinski definition) is 2. The van der Waals surface area contributed by atoms with Crippen LogP contribution in [0.3, 0.4) is 0 Å². The Balaban J connectivity index is 1.86. The minimum absolute atomic E-state index is 0.0289. The third kappa shape index (κ3) is 4.63. The Morgan fingerprint density at radius 1 is 1.50 bits per heavy atom. The summed E-state index contributed by atoms with van der Waals surface area (Å²) in [6.45, 7) is 7.15. The smallest absolute Gasteiger partial charge is 0.315 e. The van der Waals surface area contributed by atoms with Gasteiger partial charge >= 0.3 is 6.03 Å². The summed E-state index contributed by atoms with van der Waals surface area (Å²) in [4.78, 5) is 16.7. The second-order valence-corrected chi connectivity index (χ2v) is 7.06. The fraction of sp³-hybridized carbons (Fsp3) is 0.800. The molecule has 22 heavy (non-hydrogen) atoms. The van der Waals surface area contributed by atoms with Crippen molar-refractivity contribution in [3.63, 3.8) is 0 Å². The number of urea groups is 1. The number of aromatic nitrogens is 3. The summed E-state index contributed by atoms with van der Waals surface area (Å²) in [5, 5.41) is 10.5. The number of rotatable bonds is 7. The van der Waals surface area contributed by atoms with E-state index in [1.54, 1.807) is 0 Å². The maximum atomic E-state index is 12.2. The van der Waals surface area contributed by atoms with Gasteiger partial charge in [0.25, 0.3) is 0 Å². The van der Waals surface area contributed by atoms with Crippen molar-refractivity contribution in [2.45, 2.75) is 65.1 Å². The van der Waals surface area contributed by atoms with E-state index in [0.29, 0.717) is 0 Å². The number of nitrogens with one attached hydrogen (secondary N) is 2. The molecule has 2 atom stereocenters. The standard InChI is InChI=1S/C15H27N5OS/c1-4-13-18-14-12(7-6-9-20(14)19-13)17-15(21)16-11(3)8-10-22-5-2/h11-12H,4-10H2,1-3H3,(H2,16,17,21)/t11-,12+/m0/s1. The van der Waals surface area contributed by atoms with Crippen LogP contribution in [0.2, 0.25) is 0 Å². The highest BCUT2D eigenvalue weighted by Gasteiger charge is 2.25. The summed E-state index contributed by atoms with van der Waals surface area (Å²) < 4.78 is 1.94. The molecule has 0 aromatic carbocycles. The Hall–Kier alpha value is -1.24. The lowest BCUT2D eigenvalue weighted by Crippen LogP contribution is -2.43. The molecule has 2 amide bonds. The molecule has 0 spiro atoms. The first kappa shape index (κ1) is 17.1. The molecule has 1 aliphatic heterocycles. The summed E-state index contributed by atoms with van der Waals surface area (Å²) in [7, 11) is 0. The molecule has 2 rings (SSSR count). The molecule has 6 nitrogen and oxygen atoms in total. The summed E-state index contributed by atoms with van der Waals surface area (Å²) >= 11 is 1.90. The lowest BCUT2D eigenvalue weighted by atomic mass is 10.1. The van der Waals surface area contributed by atoms with Crippen LogP contribution in [0, 0.1) is 0 Å². The van der Waals surface area contributed by atoms with Gasteiger partial charge < -0.3 is 10.6 Å². The summed E-state index contributed by atoms with van der Waals surface area (Å²) in [5.41, 5.74) is 0. The lowest BCUT2D eigenvalue weighted by Gasteiger charge is -2.24. The van der Waals surface area contributed by atoms with Crippen molar-refractivity contribution >= 4 is 17.8 Å². The van der Waals surface area contributed by atoms with Crippen LogP contribution >= 0.6 is 11.8 Å². The van der Waals surface area contributed by atoms with Gasteiger partial charge in [0.15, 0.2) is 5.82 Å².